The normalized spacial score (nSPS) is 14.5. The van der Waals surface area contributed by atoms with Crippen molar-refractivity contribution in [3.63, 3.8) is 0 Å². The summed E-state index contributed by atoms with van der Waals surface area (Å²) in [6.07, 6.45) is 3.40. The molecule has 1 fully saturated rings. The van der Waals surface area contributed by atoms with Gasteiger partial charge in [-0.05, 0) is 24.3 Å². The standard InChI is InChI=1S/C22H20N8OS/c31-18(12-30-13-24-17-6-3-7-23-21(17)30)28-8-10-29(11-9-28)22-19(25-14-32-22)20-26-15-4-1-2-5-16(15)27-20/h1-7,13-14H,8-12H2,(H,26,27). The van der Waals surface area contributed by atoms with E-state index in [2.05, 4.69) is 24.8 Å². The lowest BCUT2D eigenvalue weighted by molar-refractivity contribution is -0.132. The molecule has 6 rings (SSSR count). The number of nitrogens with zero attached hydrogens (tertiary/aromatic N) is 7. The quantitative estimate of drug-likeness (QED) is 0.458. The molecule has 0 radical (unpaired) electrons. The molecule has 10 heteroatoms. The fourth-order valence-electron chi connectivity index (χ4n) is 4.11. The predicted molar refractivity (Wildman–Crippen MR) is 124 cm³/mol. The summed E-state index contributed by atoms with van der Waals surface area (Å²) in [5.74, 6) is 0.858. The van der Waals surface area contributed by atoms with E-state index in [0.29, 0.717) is 13.1 Å². The molecule has 0 atom stereocenters. The monoisotopic (exact) mass is 444 g/mol. The van der Waals surface area contributed by atoms with Crippen molar-refractivity contribution < 1.29 is 4.79 Å². The number of imidazole rings is 2. The number of aromatic nitrogens is 6. The van der Waals surface area contributed by atoms with Crippen molar-refractivity contribution in [2.45, 2.75) is 6.54 Å². The summed E-state index contributed by atoms with van der Waals surface area (Å²) in [5.41, 5.74) is 6.18. The third kappa shape index (κ3) is 3.28. The van der Waals surface area contributed by atoms with Crippen LogP contribution < -0.4 is 4.90 Å². The molecule has 0 unspecified atom stereocenters. The van der Waals surface area contributed by atoms with Crippen LogP contribution in [0.4, 0.5) is 5.00 Å². The average molecular weight is 445 g/mol. The molecule has 1 aliphatic rings. The molecule has 5 heterocycles. The molecule has 32 heavy (non-hydrogen) atoms. The number of carbonyl (C=O) groups is 1. The SMILES string of the molecule is O=C(Cn1cnc2cccnc21)N1CCN(c2scnc2-c2nc3ccccc3[nH]2)CC1. The van der Waals surface area contributed by atoms with Crippen LogP contribution in [-0.4, -0.2) is 66.5 Å². The van der Waals surface area contributed by atoms with Crippen molar-refractivity contribution >= 4 is 44.4 Å². The molecule has 5 aromatic rings. The zero-order valence-corrected chi connectivity index (χ0v) is 18.0. The summed E-state index contributed by atoms with van der Waals surface area (Å²) in [4.78, 5) is 38.4. The van der Waals surface area contributed by atoms with Gasteiger partial charge < -0.3 is 19.4 Å². The highest BCUT2D eigenvalue weighted by atomic mass is 32.1. The number of hydrogen-bond donors (Lipinski definition) is 1. The molecule has 0 saturated carbocycles. The van der Waals surface area contributed by atoms with Crippen LogP contribution in [0.25, 0.3) is 33.7 Å². The minimum absolute atomic E-state index is 0.0800. The van der Waals surface area contributed by atoms with E-state index in [9.17, 15) is 4.79 Å². The molecule has 4 aromatic heterocycles. The fraction of sp³-hybridized carbons (Fsp3) is 0.227. The van der Waals surface area contributed by atoms with E-state index in [1.165, 1.54) is 0 Å². The number of anilines is 1. The van der Waals surface area contributed by atoms with Crippen LogP contribution >= 0.6 is 11.3 Å². The largest absolute Gasteiger partial charge is 0.358 e. The summed E-state index contributed by atoms with van der Waals surface area (Å²) in [6.45, 7) is 3.08. The minimum Gasteiger partial charge on any atom is -0.358 e. The number of piperazine rings is 1. The minimum atomic E-state index is 0.0800. The van der Waals surface area contributed by atoms with Crippen LogP contribution in [0.2, 0.25) is 0 Å². The first-order valence-corrected chi connectivity index (χ1v) is 11.3. The first-order valence-electron chi connectivity index (χ1n) is 10.4. The zero-order valence-electron chi connectivity index (χ0n) is 17.2. The van der Waals surface area contributed by atoms with Crippen LogP contribution in [0, 0.1) is 0 Å². The van der Waals surface area contributed by atoms with Crippen molar-refractivity contribution in [1.29, 1.82) is 0 Å². The van der Waals surface area contributed by atoms with Crippen LogP contribution in [0.5, 0.6) is 0 Å². The van der Waals surface area contributed by atoms with E-state index in [4.69, 9.17) is 4.98 Å². The van der Waals surface area contributed by atoms with Gasteiger partial charge >= 0.3 is 0 Å². The second-order valence-electron chi connectivity index (χ2n) is 7.70. The molecule has 160 valence electrons. The average Bonchev–Trinajstić information content (AvgIpc) is 3.57. The van der Waals surface area contributed by atoms with E-state index in [-0.39, 0.29) is 12.5 Å². The molecule has 1 N–H and O–H groups in total. The van der Waals surface area contributed by atoms with Crippen LogP contribution in [-0.2, 0) is 11.3 Å². The first-order chi connectivity index (χ1) is 15.8. The maximum absolute atomic E-state index is 12.9. The van der Waals surface area contributed by atoms with E-state index in [0.717, 1.165) is 51.8 Å². The predicted octanol–water partition coefficient (Wildman–Crippen LogP) is 2.78. The summed E-state index contributed by atoms with van der Waals surface area (Å²) in [7, 11) is 0. The first kappa shape index (κ1) is 18.9. The van der Waals surface area contributed by atoms with Gasteiger partial charge in [-0.1, -0.05) is 12.1 Å². The van der Waals surface area contributed by atoms with Gasteiger partial charge in [0.15, 0.2) is 11.5 Å². The number of H-pyrrole nitrogens is 1. The molecule has 0 aliphatic carbocycles. The van der Waals surface area contributed by atoms with E-state index >= 15 is 0 Å². The Morgan fingerprint density at radius 3 is 2.72 bits per heavy atom. The summed E-state index contributed by atoms with van der Waals surface area (Å²) >= 11 is 1.61. The molecular formula is C22H20N8OS. The Hall–Kier alpha value is -3.79. The highest BCUT2D eigenvalue weighted by Gasteiger charge is 2.25. The molecule has 1 amide bonds. The number of fused-ring (bicyclic) bond motifs is 2. The lowest BCUT2D eigenvalue weighted by Gasteiger charge is -2.35. The van der Waals surface area contributed by atoms with Crippen molar-refractivity contribution in [2.24, 2.45) is 0 Å². The van der Waals surface area contributed by atoms with Crippen molar-refractivity contribution in [3.8, 4) is 11.5 Å². The highest BCUT2D eigenvalue weighted by molar-refractivity contribution is 7.14. The van der Waals surface area contributed by atoms with Gasteiger partial charge in [0, 0.05) is 32.4 Å². The molecule has 9 nitrogen and oxygen atoms in total. The Morgan fingerprint density at radius 2 is 1.84 bits per heavy atom. The van der Waals surface area contributed by atoms with Crippen molar-refractivity contribution in [2.75, 3.05) is 31.1 Å². The maximum atomic E-state index is 12.9. The van der Waals surface area contributed by atoms with E-state index in [1.807, 2.05) is 51.4 Å². The van der Waals surface area contributed by atoms with Crippen molar-refractivity contribution in [3.05, 3.63) is 54.4 Å². The van der Waals surface area contributed by atoms with Gasteiger partial charge in [0.1, 0.15) is 22.8 Å². The number of aromatic amines is 1. The number of thiazole rings is 1. The summed E-state index contributed by atoms with van der Waals surface area (Å²) in [5, 5.41) is 1.08. The zero-order chi connectivity index (χ0) is 21.5. The maximum Gasteiger partial charge on any atom is 0.242 e. The lowest BCUT2D eigenvalue weighted by Crippen LogP contribution is -2.49. The number of para-hydroxylation sites is 2. The Bertz CT molecular complexity index is 1380. The molecule has 1 saturated heterocycles. The third-order valence-electron chi connectivity index (χ3n) is 5.76. The number of benzene rings is 1. The number of carbonyl (C=O) groups excluding carboxylic acids is 1. The topological polar surface area (TPSA) is 95.8 Å². The van der Waals surface area contributed by atoms with Gasteiger partial charge in [-0.25, -0.2) is 19.9 Å². The fourth-order valence-corrected chi connectivity index (χ4v) is 4.96. The molecular weight excluding hydrogens is 424 g/mol. The molecule has 0 spiro atoms. The smallest absolute Gasteiger partial charge is 0.242 e. The Labute approximate surface area is 187 Å². The second-order valence-corrected chi connectivity index (χ2v) is 8.53. The Balaban J connectivity index is 1.15. The third-order valence-corrected chi connectivity index (χ3v) is 6.65. The van der Waals surface area contributed by atoms with E-state index in [1.54, 1.807) is 23.9 Å². The highest BCUT2D eigenvalue weighted by Crippen LogP contribution is 2.33. The summed E-state index contributed by atoms with van der Waals surface area (Å²) in [6, 6.07) is 11.7. The van der Waals surface area contributed by atoms with Gasteiger partial charge in [0.25, 0.3) is 0 Å². The van der Waals surface area contributed by atoms with Crippen LogP contribution in [0.15, 0.2) is 54.4 Å². The molecule has 0 bridgehead atoms. The van der Waals surface area contributed by atoms with Crippen LogP contribution in [0.3, 0.4) is 0 Å². The van der Waals surface area contributed by atoms with Gasteiger partial charge in [-0.2, -0.15) is 0 Å². The number of nitrogens with one attached hydrogen (secondary N) is 1. The number of hydrogen-bond acceptors (Lipinski definition) is 7. The van der Waals surface area contributed by atoms with Gasteiger partial charge in [-0.3, -0.25) is 4.79 Å². The summed E-state index contributed by atoms with van der Waals surface area (Å²) < 4.78 is 1.81. The Kier molecular flexibility index (Phi) is 4.57. The van der Waals surface area contributed by atoms with Crippen LogP contribution in [0.1, 0.15) is 0 Å². The number of amides is 1. The lowest BCUT2D eigenvalue weighted by atomic mass is 10.3. The molecule has 1 aromatic carbocycles. The number of pyridine rings is 1. The van der Waals surface area contributed by atoms with Gasteiger partial charge in [0.2, 0.25) is 5.91 Å². The number of rotatable bonds is 4. The van der Waals surface area contributed by atoms with Gasteiger partial charge in [0.05, 0.1) is 22.9 Å². The second kappa shape index (κ2) is 7.72. The van der Waals surface area contributed by atoms with Gasteiger partial charge in [-0.15, -0.1) is 11.3 Å². The molecule has 1 aliphatic heterocycles. The Morgan fingerprint density at radius 1 is 1.00 bits per heavy atom. The van der Waals surface area contributed by atoms with Crippen molar-refractivity contribution in [1.82, 2.24) is 34.4 Å². The van der Waals surface area contributed by atoms with E-state index < -0.39 is 0 Å².